The minimum absolute atomic E-state index is 0.00573. The molecule has 22 heavy (non-hydrogen) atoms. The number of anilines is 1. The maximum atomic E-state index is 13.0. The van der Waals surface area contributed by atoms with Crippen LogP contribution in [0.25, 0.3) is 0 Å². The van der Waals surface area contributed by atoms with Crippen LogP contribution in [0.4, 0.5) is 10.1 Å². The number of aliphatic hydroxyl groups excluding tert-OH is 1. The van der Waals surface area contributed by atoms with E-state index in [0.717, 1.165) is 12.1 Å². The molecule has 0 radical (unpaired) electrons. The van der Waals surface area contributed by atoms with Gasteiger partial charge in [-0.05, 0) is 48.9 Å². The van der Waals surface area contributed by atoms with Crippen molar-refractivity contribution >= 4 is 27.3 Å². The fourth-order valence-electron chi connectivity index (χ4n) is 2.52. The second-order valence-corrected chi connectivity index (χ2v) is 7.34. The molecule has 1 aliphatic heterocycles. The fourth-order valence-corrected chi connectivity index (χ4v) is 4.20. The Balaban J connectivity index is 2.09. The molecular formula is C15H13ClFNO3S. The predicted molar refractivity (Wildman–Crippen MR) is 82.0 cm³/mol. The van der Waals surface area contributed by atoms with Gasteiger partial charge in [0.05, 0.1) is 16.7 Å². The maximum absolute atomic E-state index is 13.0. The van der Waals surface area contributed by atoms with Gasteiger partial charge in [0.25, 0.3) is 10.0 Å². The van der Waals surface area contributed by atoms with Crippen molar-refractivity contribution in [3.63, 3.8) is 0 Å². The van der Waals surface area contributed by atoms with E-state index < -0.39 is 21.9 Å². The minimum atomic E-state index is -3.82. The van der Waals surface area contributed by atoms with Crippen LogP contribution in [0, 0.1) is 5.82 Å². The summed E-state index contributed by atoms with van der Waals surface area (Å²) in [5.41, 5.74) is 0.872. The summed E-state index contributed by atoms with van der Waals surface area (Å²) in [6, 6.07) is 9.38. The molecule has 1 unspecified atom stereocenters. The predicted octanol–water partition coefficient (Wildman–Crippen LogP) is 3.11. The fraction of sp³-hybridized carbons (Fsp3) is 0.200. The van der Waals surface area contributed by atoms with Crippen LogP contribution in [-0.2, 0) is 10.0 Å². The number of hydrogen-bond acceptors (Lipinski definition) is 3. The van der Waals surface area contributed by atoms with Crippen molar-refractivity contribution < 1.29 is 17.9 Å². The van der Waals surface area contributed by atoms with Crippen LogP contribution >= 0.6 is 11.6 Å². The van der Waals surface area contributed by atoms with Crippen molar-refractivity contribution in [3.05, 3.63) is 58.9 Å². The van der Waals surface area contributed by atoms with Crippen molar-refractivity contribution in [3.8, 4) is 0 Å². The molecular weight excluding hydrogens is 329 g/mol. The molecule has 1 aliphatic rings. The van der Waals surface area contributed by atoms with Crippen molar-refractivity contribution in [2.75, 3.05) is 10.8 Å². The van der Waals surface area contributed by atoms with Crippen LogP contribution in [0.1, 0.15) is 18.1 Å². The molecule has 0 aliphatic carbocycles. The highest BCUT2D eigenvalue weighted by Gasteiger charge is 2.32. The molecule has 0 bridgehead atoms. The van der Waals surface area contributed by atoms with Gasteiger partial charge in [-0.3, -0.25) is 4.31 Å². The van der Waals surface area contributed by atoms with Crippen molar-refractivity contribution in [2.24, 2.45) is 0 Å². The zero-order valence-corrected chi connectivity index (χ0v) is 13.0. The summed E-state index contributed by atoms with van der Waals surface area (Å²) in [7, 11) is -3.82. The first kappa shape index (κ1) is 15.3. The molecule has 4 nitrogen and oxygen atoms in total. The Bertz CT molecular complexity index is 808. The van der Waals surface area contributed by atoms with Gasteiger partial charge >= 0.3 is 0 Å². The average molecular weight is 342 g/mol. The van der Waals surface area contributed by atoms with E-state index in [1.165, 1.54) is 16.4 Å². The van der Waals surface area contributed by atoms with E-state index in [1.807, 2.05) is 0 Å². The van der Waals surface area contributed by atoms with E-state index in [2.05, 4.69) is 0 Å². The summed E-state index contributed by atoms with van der Waals surface area (Å²) in [4.78, 5) is 0.00573. The molecule has 0 amide bonds. The SMILES string of the molecule is O=S(=O)(c1ccc(F)cc1)N1CCC(O)c2cc(Cl)ccc21. The summed E-state index contributed by atoms with van der Waals surface area (Å²) in [5, 5.41) is 10.5. The van der Waals surface area contributed by atoms with E-state index in [1.54, 1.807) is 18.2 Å². The lowest BCUT2D eigenvalue weighted by Gasteiger charge is -2.33. The Morgan fingerprint density at radius 1 is 1.18 bits per heavy atom. The molecule has 0 saturated heterocycles. The second-order valence-electron chi connectivity index (χ2n) is 5.04. The minimum Gasteiger partial charge on any atom is -0.388 e. The number of halogens is 2. The summed E-state index contributed by atoms with van der Waals surface area (Å²) >= 11 is 5.92. The van der Waals surface area contributed by atoms with Crippen LogP contribution in [0.15, 0.2) is 47.4 Å². The quantitative estimate of drug-likeness (QED) is 0.913. The van der Waals surface area contributed by atoms with E-state index in [0.29, 0.717) is 16.3 Å². The summed E-state index contributed by atoms with van der Waals surface area (Å²) in [6.07, 6.45) is -0.485. The number of nitrogens with zero attached hydrogens (tertiary/aromatic N) is 1. The molecule has 3 rings (SSSR count). The Labute approximate surface area is 132 Å². The summed E-state index contributed by atoms with van der Waals surface area (Å²) < 4.78 is 39.7. The smallest absolute Gasteiger partial charge is 0.264 e. The third-order valence-corrected chi connectivity index (χ3v) is 5.69. The van der Waals surface area contributed by atoms with E-state index in [4.69, 9.17) is 11.6 Å². The molecule has 0 aromatic heterocycles. The first-order valence-electron chi connectivity index (χ1n) is 6.65. The first-order valence-corrected chi connectivity index (χ1v) is 8.47. The van der Waals surface area contributed by atoms with Gasteiger partial charge in [0.15, 0.2) is 0 Å². The lowest BCUT2D eigenvalue weighted by molar-refractivity contribution is 0.166. The highest BCUT2D eigenvalue weighted by molar-refractivity contribution is 7.92. The molecule has 0 saturated carbocycles. The Morgan fingerprint density at radius 2 is 1.86 bits per heavy atom. The molecule has 2 aromatic carbocycles. The molecule has 0 spiro atoms. The van der Waals surface area contributed by atoms with Crippen LogP contribution in [0.3, 0.4) is 0 Å². The molecule has 2 aromatic rings. The van der Waals surface area contributed by atoms with Gasteiger partial charge in [0.1, 0.15) is 5.82 Å². The molecule has 116 valence electrons. The second kappa shape index (κ2) is 5.53. The number of benzene rings is 2. The van der Waals surface area contributed by atoms with E-state index in [9.17, 15) is 17.9 Å². The Morgan fingerprint density at radius 3 is 2.55 bits per heavy atom. The number of fused-ring (bicyclic) bond motifs is 1. The highest BCUT2D eigenvalue weighted by atomic mass is 35.5. The number of aliphatic hydroxyl groups is 1. The normalized spacial score (nSPS) is 18.1. The van der Waals surface area contributed by atoms with Crippen molar-refractivity contribution in [1.82, 2.24) is 0 Å². The van der Waals surface area contributed by atoms with Gasteiger partial charge in [-0.1, -0.05) is 11.6 Å². The lowest BCUT2D eigenvalue weighted by atomic mass is 10.0. The first-order chi connectivity index (χ1) is 10.4. The number of rotatable bonds is 2. The van der Waals surface area contributed by atoms with Crippen LogP contribution < -0.4 is 4.31 Å². The Hall–Kier alpha value is -1.63. The third kappa shape index (κ3) is 2.58. The lowest BCUT2D eigenvalue weighted by Crippen LogP contribution is -2.36. The van der Waals surface area contributed by atoms with Gasteiger partial charge in [-0.15, -0.1) is 0 Å². The van der Waals surface area contributed by atoms with Gasteiger partial charge in [-0.2, -0.15) is 0 Å². The largest absolute Gasteiger partial charge is 0.388 e. The number of hydrogen-bond donors (Lipinski definition) is 1. The van der Waals surface area contributed by atoms with Gasteiger partial charge in [0, 0.05) is 17.1 Å². The molecule has 0 fully saturated rings. The Kier molecular flexibility index (Phi) is 3.84. The molecule has 7 heteroatoms. The van der Waals surface area contributed by atoms with Gasteiger partial charge in [0.2, 0.25) is 0 Å². The van der Waals surface area contributed by atoms with E-state index in [-0.39, 0.29) is 17.9 Å². The maximum Gasteiger partial charge on any atom is 0.264 e. The zero-order valence-electron chi connectivity index (χ0n) is 11.4. The van der Waals surface area contributed by atoms with Crippen LogP contribution in [0.5, 0.6) is 0 Å². The van der Waals surface area contributed by atoms with Gasteiger partial charge in [-0.25, -0.2) is 12.8 Å². The highest BCUT2D eigenvalue weighted by Crippen LogP contribution is 2.38. The molecule has 1 atom stereocenters. The van der Waals surface area contributed by atoms with Gasteiger partial charge < -0.3 is 5.11 Å². The van der Waals surface area contributed by atoms with Crippen molar-refractivity contribution in [2.45, 2.75) is 17.4 Å². The average Bonchev–Trinajstić information content (AvgIpc) is 2.48. The zero-order chi connectivity index (χ0) is 15.9. The molecule has 1 N–H and O–H groups in total. The van der Waals surface area contributed by atoms with Crippen LogP contribution in [0.2, 0.25) is 5.02 Å². The van der Waals surface area contributed by atoms with Crippen LogP contribution in [-0.4, -0.2) is 20.1 Å². The molecule has 1 heterocycles. The topological polar surface area (TPSA) is 57.6 Å². The summed E-state index contributed by atoms with van der Waals surface area (Å²) in [5.74, 6) is -0.500. The van der Waals surface area contributed by atoms with Crippen molar-refractivity contribution in [1.29, 1.82) is 0 Å². The summed E-state index contributed by atoms with van der Waals surface area (Å²) in [6.45, 7) is 0.148. The number of sulfonamides is 1. The third-order valence-electron chi connectivity index (χ3n) is 3.62. The van der Waals surface area contributed by atoms with E-state index >= 15 is 0 Å². The standard InChI is InChI=1S/C15H13ClFNO3S/c16-10-1-6-14-13(9-10)15(19)7-8-18(14)22(20,21)12-4-2-11(17)3-5-12/h1-6,9,15,19H,7-8H2. The monoisotopic (exact) mass is 341 g/mol.